The van der Waals surface area contributed by atoms with E-state index < -0.39 is 0 Å². The number of rotatable bonds is 5. The molecule has 2 unspecified atom stereocenters. The van der Waals surface area contributed by atoms with E-state index >= 15 is 0 Å². The quantitative estimate of drug-likeness (QED) is 0.874. The Morgan fingerprint density at radius 1 is 1.56 bits per heavy atom. The molecule has 0 spiro atoms. The van der Waals surface area contributed by atoms with Gasteiger partial charge in [0.25, 0.3) is 0 Å². The highest BCUT2D eigenvalue weighted by Crippen LogP contribution is 2.26. The molecule has 0 amide bonds. The highest BCUT2D eigenvalue weighted by Gasteiger charge is 2.18. The molecular weight excluding hydrogens is 233 g/mol. The lowest BCUT2D eigenvalue weighted by atomic mass is 10.0. The molecule has 1 aromatic rings. The van der Waals surface area contributed by atoms with Gasteiger partial charge in [-0.2, -0.15) is 0 Å². The lowest BCUT2D eigenvalue weighted by Crippen LogP contribution is -2.26. The molecule has 3 nitrogen and oxygen atoms in total. The van der Waals surface area contributed by atoms with E-state index in [0.717, 1.165) is 37.5 Å². The standard InChI is InChI=1S/C14H20FNO2/c1-10(16-8-11-5-6-18-9-11)13-7-12(15)3-4-14(13)17-2/h3-4,7,10-11,16H,5-6,8-9H2,1-2H3. The van der Waals surface area contributed by atoms with Gasteiger partial charge in [-0.05, 0) is 37.5 Å². The van der Waals surface area contributed by atoms with Crippen LogP contribution in [0.1, 0.15) is 24.9 Å². The van der Waals surface area contributed by atoms with Crippen LogP contribution in [0, 0.1) is 11.7 Å². The van der Waals surface area contributed by atoms with Crippen molar-refractivity contribution in [2.45, 2.75) is 19.4 Å². The summed E-state index contributed by atoms with van der Waals surface area (Å²) in [5.74, 6) is 1.05. The molecule has 2 atom stereocenters. The Morgan fingerprint density at radius 3 is 3.06 bits per heavy atom. The summed E-state index contributed by atoms with van der Waals surface area (Å²) < 4.78 is 23.9. The molecule has 2 rings (SSSR count). The van der Waals surface area contributed by atoms with Crippen LogP contribution < -0.4 is 10.1 Å². The van der Waals surface area contributed by atoms with Crippen LogP contribution in [0.15, 0.2) is 18.2 Å². The second-order valence-electron chi connectivity index (χ2n) is 4.75. The largest absolute Gasteiger partial charge is 0.496 e. The second kappa shape index (κ2) is 6.16. The molecule has 1 aliphatic heterocycles. The zero-order valence-corrected chi connectivity index (χ0v) is 10.9. The average molecular weight is 253 g/mol. The molecule has 1 heterocycles. The van der Waals surface area contributed by atoms with Crippen molar-refractivity contribution in [1.29, 1.82) is 0 Å². The van der Waals surface area contributed by atoms with E-state index in [-0.39, 0.29) is 11.9 Å². The molecule has 1 N–H and O–H groups in total. The van der Waals surface area contributed by atoms with Crippen molar-refractivity contribution in [2.24, 2.45) is 5.92 Å². The van der Waals surface area contributed by atoms with Crippen LogP contribution in [0.3, 0.4) is 0 Å². The minimum Gasteiger partial charge on any atom is -0.496 e. The summed E-state index contributed by atoms with van der Waals surface area (Å²) in [6, 6.07) is 4.68. The van der Waals surface area contributed by atoms with Gasteiger partial charge in [-0.15, -0.1) is 0 Å². The first-order chi connectivity index (χ1) is 8.70. The molecule has 4 heteroatoms. The first-order valence-electron chi connectivity index (χ1n) is 6.35. The van der Waals surface area contributed by atoms with Crippen molar-refractivity contribution in [2.75, 3.05) is 26.9 Å². The summed E-state index contributed by atoms with van der Waals surface area (Å²) >= 11 is 0. The molecule has 1 fully saturated rings. The third kappa shape index (κ3) is 3.21. The summed E-state index contributed by atoms with van der Waals surface area (Å²) in [6.45, 7) is 4.58. The van der Waals surface area contributed by atoms with Crippen LogP contribution in [0.25, 0.3) is 0 Å². The lowest BCUT2D eigenvalue weighted by Gasteiger charge is -2.19. The second-order valence-corrected chi connectivity index (χ2v) is 4.75. The molecule has 1 saturated heterocycles. The van der Waals surface area contributed by atoms with E-state index in [1.54, 1.807) is 13.2 Å². The highest BCUT2D eigenvalue weighted by molar-refractivity contribution is 5.36. The van der Waals surface area contributed by atoms with Crippen molar-refractivity contribution in [3.05, 3.63) is 29.6 Å². The summed E-state index contributed by atoms with van der Waals surface area (Å²) in [7, 11) is 1.61. The number of benzene rings is 1. The molecule has 18 heavy (non-hydrogen) atoms. The fourth-order valence-corrected chi connectivity index (χ4v) is 2.24. The van der Waals surface area contributed by atoms with E-state index in [0.29, 0.717) is 5.92 Å². The zero-order valence-electron chi connectivity index (χ0n) is 10.9. The first kappa shape index (κ1) is 13.3. The van der Waals surface area contributed by atoms with E-state index in [2.05, 4.69) is 5.32 Å². The number of methoxy groups -OCH3 is 1. The Balaban J connectivity index is 1.98. The Bertz CT molecular complexity index is 391. The fourth-order valence-electron chi connectivity index (χ4n) is 2.24. The van der Waals surface area contributed by atoms with Gasteiger partial charge in [0.15, 0.2) is 0 Å². The van der Waals surface area contributed by atoms with Gasteiger partial charge in [-0.1, -0.05) is 0 Å². The maximum Gasteiger partial charge on any atom is 0.123 e. The van der Waals surface area contributed by atoms with Crippen LogP contribution in [0.5, 0.6) is 5.75 Å². The fraction of sp³-hybridized carbons (Fsp3) is 0.571. The topological polar surface area (TPSA) is 30.5 Å². The molecular formula is C14H20FNO2. The average Bonchev–Trinajstić information content (AvgIpc) is 2.89. The van der Waals surface area contributed by atoms with Gasteiger partial charge < -0.3 is 14.8 Å². The van der Waals surface area contributed by atoms with Gasteiger partial charge >= 0.3 is 0 Å². The Kier molecular flexibility index (Phi) is 4.55. The summed E-state index contributed by atoms with van der Waals surface area (Å²) in [5, 5.41) is 3.42. The molecule has 100 valence electrons. The van der Waals surface area contributed by atoms with Crippen LogP contribution in [-0.4, -0.2) is 26.9 Å². The summed E-state index contributed by atoms with van der Waals surface area (Å²) in [5.41, 5.74) is 0.858. The Morgan fingerprint density at radius 2 is 2.39 bits per heavy atom. The molecule has 0 bridgehead atoms. The summed E-state index contributed by atoms with van der Waals surface area (Å²) in [6.07, 6.45) is 1.10. The van der Waals surface area contributed by atoms with Crippen LogP contribution in [-0.2, 0) is 4.74 Å². The van der Waals surface area contributed by atoms with Crippen molar-refractivity contribution in [1.82, 2.24) is 5.32 Å². The van der Waals surface area contributed by atoms with Crippen molar-refractivity contribution in [3.8, 4) is 5.75 Å². The van der Waals surface area contributed by atoms with Crippen molar-refractivity contribution in [3.63, 3.8) is 0 Å². The minimum atomic E-state index is -0.233. The number of halogens is 1. The number of hydrogen-bond acceptors (Lipinski definition) is 3. The van der Waals surface area contributed by atoms with Crippen molar-refractivity contribution >= 4 is 0 Å². The normalized spacial score (nSPS) is 20.9. The SMILES string of the molecule is COc1ccc(F)cc1C(C)NCC1CCOC1. The molecule has 1 aliphatic rings. The lowest BCUT2D eigenvalue weighted by molar-refractivity contribution is 0.184. The highest BCUT2D eigenvalue weighted by atomic mass is 19.1. The molecule has 0 aliphatic carbocycles. The molecule has 0 saturated carbocycles. The minimum absolute atomic E-state index is 0.0660. The summed E-state index contributed by atoms with van der Waals surface area (Å²) in [4.78, 5) is 0. The first-order valence-corrected chi connectivity index (χ1v) is 6.35. The molecule has 0 radical (unpaired) electrons. The van der Waals surface area contributed by atoms with Crippen LogP contribution in [0.4, 0.5) is 4.39 Å². The smallest absolute Gasteiger partial charge is 0.123 e. The van der Waals surface area contributed by atoms with Gasteiger partial charge in [0.05, 0.1) is 13.7 Å². The third-order valence-electron chi connectivity index (χ3n) is 3.39. The van der Waals surface area contributed by atoms with E-state index in [4.69, 9.17) is 9.47 Å². The molecule has 1 aromatic carbocycles. The number of ether oxygens (including phenoxy) is 2. The Hall–Kier alpha value is -1.13. The van der Waals surface area contributed by atoms with Gasteiger partial charge in [0.2, 0.25) is 0 Å². The van der Waals surface area contributed by atoms with Gasteiger partial charge in [0.1, 0.15) is 11.6 Å². The zero-order chi connectivity index (χ0) is 13.0. The Labute approximate surface area is 107 Å². The maximum absolute atomic E-state index is 13.3. The van der Waals surface area contributed by atoms with Crippen LogP contribution in [0.2, 0.25) is 0 Å². The van der Waals surface area contributed by atoms with Crippen molar-refractivity contribution < 1.29 is 13.9 Å². The van der Waals surface area contributed by atoms with E-state index in [9.17, 15) is 4.39 Å². The predicted molar refractivity (Wildman–Crippen MR) is 68.3 cm³/mol. The molecule has 0 aromatic heterocycles. The van der Waals surface area contributed by atoms with Gasteiger partial charge in [-0.25, -0.2) is 4.39 Å². The monoisotopic (exact) mass is 253 g/mol. The van der Waals surface area contributed by atoms with Gasteiger partial charge in [-0.3, -0.25) is 0 Å². The van der Waals surface area contributed by atoms with E-state index in [1.807, 2.05) is 6.92 Å². The number of nitrogens with one attached hydrogen (secondary N) is 1. The van der Waals surface area contributed by atoms with E-state index in [1.165, 1.54) is 12.1 Å². The predicted octanol–water partition coefficient (Wildman–Crippen LogP) is 2.52. The number of hydrogen-bond donors (Lipinski definition) is 1. The van der Waals surface area contributed by atoms with Crippen LogP contribution >= 0.6 is 0 Å². The van der Waals surface area contributed by atoms with Gasteiger partial charge in [0, 0.05) is 24.8 Å². The third-order valence-corrected chi connectivity index (χ3v) is 3.39. The maximum atomic E-state index is 13.3.